The highest BCUT2D eigenvalue weighted by Crippen LogP contribution is 2.20. The van der Waals surface area contributed by atoms with Crippen LogP contribution in [-0.2, 0) is 24.5 Å². The van der Waals surface area contributed by atoms with Crippen molar-refractivity contribution in [1.82, 2.24) is 4.72 Å². The second-order valence-electron chi connectivity index (χ2n) is 6.62. The Morgan fingerprint density at radius 3 is 2.46 bits per heavy atom. The van der Waals surface area contributed by atoms with E-state index < -0.39 is 36.9 Å². The molecule has 1 N–H and O–H groups in total. The Kier molecular flexibility index (Phi) is 8.34. The first-order valence-corrected chi connectivity index (χ1v) is 14.0. The zero-order chi connectivity index (χ0) is 20.0. The van der Waals surface area contributed by atoms with E-state index in [1.807, 2.05) is 27.3 Å². The molecule has 0 unspecified atom stereocenters. The molecule has 0 bridgehead atoms. The van der Waals surface area contributed by atoms with Gasteiger partial charge in [0, 0.05) is 11.6 Å². The molecule has 0 aliphatic carbocycles. The molecule has 1 aromatic carbocycles. The van der Waals surface area contributed by atoms with Crippen LogP contribution in [0, 0.1) is 3.57 Å². The van der Waals surface area contributed by atoms with Gasteiger partial charge in [-0.1, -0.05) is 25.7 Å². The minimum absolute atomic E-state index is 0.136. The Balaban J connectivity index is 2.93. The summed E-state index contributed by atoms with van der Waals surface area (Å²) in [6.07, 6.45) is -1.08. The number of methoxy groups -OCH3 is 1. The number of carbonyl (C=O) groups is 2. The summed E-state index contributed by atoms with van der Waals surface area (Å²) in [7, 11) is -4.61. The molecule has 11 heteroatoms. The highest BCUT2D eigenvalue weighted by Gasteiger charge is 2.28. The summed E-state index contributed by atoms with van der Waals surface area (Å²) >= 11 is 2.02. The number of carbonyl (C=O) groups excluding carboxylic acids is 2. The number of benzene rings is 1. The van der Waals surface area contributed by atoms with Crippen molar-refractivity contribution < 1.29 is 27.5 Å². The van der Waals surface area contributed by atoms with Gasteiger partial charge in [0.1, 0.15) is 6.54 Å². The van der Waals surface area contributed by atoms with Crippen molar-refractivity contribution in [2.45, 2.75) is 25.7 Å². The molecular formula is C15H23IN2O6SSi. The molecule has 146 valence electrons. The lowest BCUT2D eigenvalue weighted by molar-refractivity contribution is -0.138. The number of halogens is 1. The molecule has 0 heterocycles. The van der Waals surface area contributed by atoms with Crippen molar-refractivity contribution in [3.05, 3.63) is 27.8 Å². The molecule has 26 heavy (non-hydrogen) atoms. The van der Waals surface area contributed by atoms with Crippen LogP contribution < -0.4 is 9.03 Å². The predicted octanol–water partition coefficient (Wildman–Crippen LogP) is 2.58. The molecule has 0 aliphatic rings. The van der Waals surface area contributed by atoms with E-state index in [4.69, 9.17) is 4.74 Å². The van der Waals surface area contributed by atoms with Gasteiger partial charge in [-0.25, -0.2) is 13.8 Å². The standard InChI is InChI=1S/C15H23IN2O6SSi/c1-23-14(19)11-18(13-7-5-6-12(16)10-13)25(21,22)17-15(20)24-8-9-26(2,3)4/h5-7,10H,8-9,11H2,1-4H3,(H,17,20). The van der Waals surface area contributed by atoms with Crippen LogP contribution in [0.25, 0.3) is 0 Å². The Morgan fingerprint density at radius 1 is 1.27 bits per heavy atom. The quantitative estimate of drug-likeness (QED) is 0.325. The summed E-state index contributed by atoms with van der Waals surface area (Å²) in [5, 5.41) is 0. The van der Waals surface area contributed by atoms with Gasteiger partial charge in [0.2, 0.25) is 0 Å². The van der Waals surface area contributed by atoms with Gasteiger partial charge in [-0.3, -0.25) is 4.79 Å². The normalized spacial score (nSPS) is 11.6. The number of hydrogen-bond acceptors (Lipinski definition) is 6. The van der Waals surface area contributed by atoms with Crippen molar-refractivity contribution in [3.8, 4) is 0 Å². The van der Waals surface area contributed by atoms with Crippen molar-refractivity contribution in [1.29, 1.82) is 0 Å². The number of nitrogens with one attached hydrogen (secondary N) is 1. The summed E-state index contributed by atoms with van der Waals surface area (Å²) in [5.41, 5.74) is 0.227. The first-order chi connectivity index (χ1) is 11.9. The van der Waals surface area contributed by atoms with Crippen LogP contribution in [0.15, 0.2) is 24.3 Å². The zero-order valence-corrected chi connectivity index (χ0v) is 19.1. The summed E-state index contributed by atoms with van der Waals surface area (Å²) in [6.45, 7) is 5.89. The van der Waals surface area contributed by atoms with E-state index >= 15 is 0 Å². The van der Waals surface area contributed by atoms with Crippen LogP contribution in [0.2, 0.25) is 25.7 Å². The van der Waals surface area contributed by atoms with Crippen LogP contribution in [0.5, 0.6) is 0 Å². The first kappa shape index (κ1) is 22.7. The number of hydrogen-bond donors (Lipinski definition) is 1. The highest BCUT2D eigenvalue weighted by atomic mass is 127. The Labute approximate surface area is 168 Å². The molecule has 0 atom stereocenters. The molecule has 1 amide bonds. The molecule has 0 saturated carbocycles. The molecule has 1 aromatic rings. The van der Waals surface area contributed by atoms with Gasteiger partial charge in [0.15, 0.2) is 0 Å². The number of nitrogens with zero attached hydrogens (tertiary/aromatic N) is 1. The highest BCUT2D eigenvalue weighted by molar-refractivity contribution is 14.1. The minimum atomic E-state index is -4.35. The van der Waals surface area contributed by atoms with Crippen molar-refractivity contribution in [2.24, 2.45) is 0 Å². The van der Waals surface area contributed by atoms with Crippen LogP contribution in [-0.4, -0.2) is 48.8 Å². The number of anilines is 1. The van der Waals surface area contributed by atoms with Crippen LogP contribution in [0.3, 0.4) is 0 Å². The lowest BCUT2D eigenvalue weighted by atomic mass is 10.3. The van der Waals surface area contributed by atoms with Gasteiger partial charge in [-0.05, 0) is 46.8 Å². The summed E-state index contributed by atoms with van der Waals surface area (Å²) in [4.78, 5) is 23.5. The zero-order valence-electron chi connectivity index (χ0n) is 15.1. The summed E-state index contributed by atoms with van der Waals surface area (Å²) in [5.74, 6) is -0.763. The first-order valence-electron chi connectivity index (χ1n) is 7.74. The smallest absolute Gasteiger partial charge is 0.422 e. The fraction of sp³-hybridized carbons (Fsp3) is 0.467. The maximum atomic E-state index is 12.6. The Morgan fingerprint density at radius 2 is 1.92 bits per heavy atom. The van der Waals surface area contributed by atoms with E-state index in [0.717, 1.165) is 15.0 Å². The van der Waals surface area contributed by atoms with Gasteiger partial charge in [-0.15, -0.1) is 0 Å². The maximum absolute atomic E-state index is 12.6. The SMILES string of the molecule is COC(=O)CN(c1cccc(I)c1)S(=O)(=O)NC(=O)OCC[Si](C)(C)C. The monoisotopic (exact) mass is 514 g/mol. The van der Waals surface area contributed by atoms with Crippen molar-refractivity contribution >= 4 is 58.6 Å². The van der Waals surface area contributed by atoms with Crippen LogP contribution in [0.4, 0.5) is 10.5 Å². The fourth-order valence-corrected chi connectivity index (χ4v) is 4.06. The van der Waals surface area contributed by atoms with Gasteiger partial charge in [0.25, 0.3) is 0 Å². The third-order valence-electron chi connectivity index (χ3n) is 3.18. The van der Waals surface area contributed by atoms with Gasteiger partial charge >= 0.3 is 22.3 Å². The molecular weight excluding hydrogens is 491 g/mol. The number of amides is 1. The number of ether oxygens (including phenoxy) is 2. The molecule has 0 spiro atoms. The predicted molar refractivity (Wildman–Crippen MR) is 110 cm³/mol. The number of rotatable bonds is 8. The van der Waals surface area contributed by atoms with Crippen LogP contribution in [0.1, 0.15) is 0 Å². The molecule has 0 saturated heterocycles. The van der Waals surface area contributed by atoms with Gasteiger partial charge in [-0.2, -0.15) is 8.42 Å². The van der Waals surface area contributed by atoms with Crippen molar-refractivity contribution in [3.63, 3.8) is 0 Å². The third kappa shape index (κ3) is 7.91. The second kappa shape index (κ2) is 9.55. The van der Waals surface area contributed by atoms with E-state index in [1.165, 1.54) is 6.07 Å². The number of esters is 1. The average molecular weight is 514 g/mol. The summed E-state index contributed by atoms with van der Waals surface area (Å²) < 4.78 is 38.0. The Hall–Kier alpha value is -1.34. The Bertz CT molecular complexity index is 751. The van der Waals surface area contributed by atoms with E-state index in [-0.39, 0.29) is 12.3 Å². The van der Waals surface area contributed by atoms with E-state index in [0.29, 0.717) is 6.04 Å². The van der Waals surface area contributed by atoms with Crippen LogP contribution >= 0.6 is 22.6 Å². The van der Waals surface area contributed by atoms with E-state index in [1.54, 1.807) is 18.2 Å². The van der Waals surface area contributed by atoms with E-state index in [9.17, 15) is 18.0 Å². The molecule has 8 nitrogen and oxygen atoms in total. The second-order valence-corrected chi connectivity index (χ2v) is 15.1. The average Bonchev–Trinajstić information content (AvgIpc) is 2.50. The summed E-state index contributed by atoms with van der Waals surface area (Å²) in [6, 6.07) is 7.21. The molecule has 0 aromatic heterocycles. The maximum Gasteiger partial charge on any atom is 0.422 e. The minimum Gasteiger partial charge on any atom is -0.468 e. The lowest BCUT2D eigenvalue weighted by Gasteiger charge is -2.23. The topological polar surface area (TPSA) is 102 Å². The fourth-order valence-electron chi connectivity index (χ4n) is 1.77. The molecule has 0 radical (unpaired) electrons. The molecule has 0 aliphatic heterocycles. The lowest BCUT2D eigenvalue weighted by Crippen LogP contribution is -2.46. The third-order valence-corrected chi connectivity index (χ3v) is 6.90. The van der Waals surface area contributed by atoms with Gasteiger partial charge < -0.3 is 9.47 Å². The van der Waals surface area contributed by atoms with Crippen molar-refractivity contribution in [2.75, 3.05) is 24.6 Å². The largest absolute Gasteiger partial charge is 0.468 e. The van der Waals surface area contributed by atoms with Gasteiger partial charge in [0.05, 0.1) is 19.4 Å². The molecule has 1 rings (SSSR count). The van der Waals surface area contributed by atoms with E-state index in [2.05, 4.69) is 24.4 Å². The molecule has 0 fully saturated rings.